The van der Waals surface area contributed by atoms with Crippen LogP contribution < -0.4 is 27.3 Å². The van der Waals surface area contributed by atoms with Gasteiger partial charge in [0.15, 0.2) is 5.69 Å². The molecule has 0 unspecified atom stereocenters. The summed E-state index contributed by atoms with van der Waals surface area (Å²) in [6.45, 7) is 0. The number of thiophene rings is 1. The Morgan fingerprint density at radius 1 is 1.35 bits per heavy atom. The van der Waals surface area contributed by atoms with Crippen molar-refractivity contribution in [2.75, 3.05) is 12.8 Å². The first-order chi connectivity index (χ1) is 11.1. The summed E-state index contributed by atoms with van der Waals surface area (Å²) in [6, 6.07) is 6.69. The van der Waals surface area contributed by atoms with Gasteiger partial charge in [0.2, 0.25) is 0 Å². The zero-order valence-corrected chi connectivity index (χ0v) is 12.9. The summed E-state index contributed by atoms with van der Waals surface area (Å²) in [5.74, 6) is 5.23. The van der Waals surface area contributed by atoms with Crippen LogP contribution in [0, 0.1) is 0 Å². The highest BCUT2D eigenvalue weighted by Crippen LogP contribution is 2.27. The summed E-state index contributed by atoms with van der Waals surface area (Å²) >= 11 is 1.17. The maximum Gasteiger partial charge on any atom is 0.286 e. The van der Waals surface area contributed by atoms with E-state index in [9.17, 15) is 9.59 Å². The third-order valence-electron chi connectivity index (χ3n) is 3.34. The van der Waals surface area contributed by atoms with Crippen molar-refractivity contribution in [2.24, 2.45) is 5.84 Å². The topological polar surface area (TPSA) is 125 Å². The molecular formula is C14H13N5O3S. The summed E-state index contributed by atoms with van der Waals surface area (Å²) in [7, 11) is 1.54. The van der Waals surface area contributed by atoms with Crippen LogP contribution in [0.3, 0.4) is 0 Å². The number of fused-ring (bicyclic) bond motifs is 1. The molecule has 9 heteroatoms. The van der Waals surface area contributed by atoms with Crippen LogP contribution in [0.2, 0.25) is 0 Å². The highest BCUT2D eigenvalue weighted by molar-refractivity contribution is 7.15. The van der Waals surface area contributed by atoms with Crippen molar-refractivity contribution >= 4 is 33.0 Å². The SMILES string of the molecule is COc1ccc(-n2nc(C(=O)NN)c3csc(N)c3c2=O)cc1. The largest absolute Gasteiger partial charge is 0.497 e. The number of ether oxygens (including phenoxy) is 1. The third-order valence-corrected chi connectivity index (χ3v) is 4.16. The molecule has 0 aliphatic heterocycles. The van der Waals surface area contributed by atoms with Crippen LogP contribution in [0.5, 0.6) is 5.75 Å². The molecule has 1 amide bonds. The summed E-state index contributed by atoms with van der Waals surface area (Å²) in [5, 5.41) is 6.70. The van der Waals surface area contributed by atoms with Gasteiger partial charge in [-0.05, 0) is 24.3 Å². The molecule has 0 aliphatic carbocycles. The van der Waals surface area contributed by atoms with E-state index in [0.717, 1.165) is 4.68 Å². The van der Waals surface area contributed by atoms with E-state index in [1.165, 1.54) is 11.3 Å². The molecule has 1 aromatic carbocycles. The molecule has 23 heavy (non-hydrogen) atoms. The smallest absolute Gasteiger partial charge is 0.286 e. The van der Waals surface area contributed by atoms with Gasteiger partial charge in [0.1, 0.15) is 5.75 Å². The summed E-state index contributed by atoms with van der Waals surface area (Å²) in [5.41, 5.74) is 8.01. The highest BCUT2D eigenvalue weighted by Gasteiger charge is 2.20. The molecule has 0 atom stereocenters. The number of aromatic nitrogens is 2. The lowest BCUT2D eigenvalue weighted by Gasteiger charge is -2.09. The molecule has 118 valence electrons. The van der Waals surface area contributed by atoms with Crippen LogP contribution in [-0.4, -0.2) is 22.8 Å². The Hall–Kier alpha value is -2.91. The van der Waals surface area contributed by atoms with Gasteiger partial charge in [-0.25, -0.2) is 5.84 Å². The second kappa shape index (κ2) is 5.71. The van der Waals surface area contributed by atoms with Crippen molar-refractivity contribution in [3.8, 4) is 11.4 Å². The number of rotatable bonds is 3. The first-order valence-corrected chi connectivity index (χ1v) is 7.40. The molecule has 0 fully saturated rings. The quantitative estimate of drug-likeness (QED) is 0.367. The minimum absolute atomic E-state index is 0.0332. The lowest BCUT2D eigenvalue weighted by atomic mass is 10.2. The maximum absolute atomic E-state index is 12.7. The average Bonchev–Trinajstić information content (AvgIpc) is 2.97. The first kappa shape index (κ1) is 15.0. The number of hydrogen-bond donors (Lipinski definition) is 3. The summed E-state index contributed by atoms with van der Waals surface area (Å²) in [6.07, 6.45) is 0. The Balaban J connectivity index is 2.31. The van der Waals surface area contributed by atoms with E-state index in [1.807, 2.05) is 5.43 Å². The van der Waals surface area contributed by atoms with Crippen molar-refractivity contribution < 1.29 is 9.53 Å². The van der Waals surface area contributed by atoms with Gasteiger partial charge < -0.3 is 10.5 Å². The van der Waals surface area contributed by atoms with Crippen molar-refractivity contribution in [2.45, 2.75) is 0 Å². The molecule has 0 radical (unpaired) electrons. The lowest BCUT2D eigenvalue weighted by molar-refractivity contribution is 0.0949. The second-order valence-electron chi connectivity index (χ2n) is 4.63. The van der Waals surface area contributed by atoms with Gasteiger partial charge in [-0.2, -0.15) is 9.78 Å². The van der Waals surface area contributed by atoms with Gasteiger partial charge in [0.05, 0.1) is 23.2 Å². The number of anilines is 1. The van der Waals surface area contributed by atoms with E-state index in [-0.39, 0.29) is 11.1 Å². The van der Waals surface area contributed by atoms with Crippen LogP contribution >= 0.6 is 11.3 Å². The van der Waals surface area contributed by atoms with Gasteiger partial charge in [0, 0.05) is 10.8 Å². The number of nitrogen functional groups attached to an aromatic ring is 2. The number of benzene rings is 1. The number of nitrogens with two attached hydrogens (primary N) is 2. The predicted molar refractivity (Wildman–Crippen MR) is 87.8 cm³/mol. The Morgan fingerprint density at radius 2 is 2.04 bits per heavy atom. The van der Waals surface area contributed by atoms with Crippen LogP contribution in [0.1, 0.15) is 10.5 Å². The van der Waals surface area contributed by atoms with Crippen LogP contribution in [-0.2, 0) is 0 Å². The van der Waals surface area contributed by atoms with E-state index in [4.69, 9.17) is 16.3 Å². The maximum atomic E-state index is 12.7. The fourth-order valence-corrected chi connectivity index (χ4v) is 3.00. The standard InChI is InChI=1S/C14H13N5O3S/c1-22-8-4-2-7(3-5-8)19-14(21)10-9(6-23-12(10)15)11(18-19)13(20)17-16/h2-6H,15-16H2,1H3,(H,17,20). The molecular weight excluding hydrogens is 318 g/mol. The molecule has 0 aliphatic rings. The number of hydrazine groups is 1. The Bertz CT molecular complexity index is 945. The molecule has 8 nitrogen and oxygen atoms in total. The van der Waals surface area contributed by atoms with Gasteiger partial charge in [-0.1, -0.05) is 0 Å². The fourth-order valence-electron chi connectivity index (χ4n) is 2.21. The van der Waals surface area contributed by atoms with E-state index < -0.39 is 11.5 Å². The zero-order chi connectivity index (χ0) is 16.6. The number of nitrogens with zero attached hydrogens (tertiary/aromatic N) is 2. The van der Waals surface area contributed by atoms with E-state index in [1.54, 1.807) is 36.8 Å². The Labute approximate surface area is 134 Å². The molecule has 2 aromatic heterocycles. The molecule has 2 heterocycles. The predicted octanol–water partition coefficient (Wildman–Crippen LogP) is 0.641. The second-order valence-corrected chi connectivity index (χ2v) is 5.54. The van der Waals surface area contributed by atoms with Crippen molar-refractivity contribution in [3.63, 3.8) is 0 Å². The van der Waals surface area contributed by atoms with E-state index in [0.29, 0.717) is 21.8 Å². The molecule has 3 rings (SSSR count). The first-order valence-electron chi connectivity index (χ1n) is 6.52. The molecule has 0 saturated carbocycles. The van der Waals surface area contributed by atoms with Gasteiger partial charge in [-0.15, -0.1) is 11.3 Å². The molecule has 0 bridgehead atoms. The summed E-state index contributed by atoms with van der Waals surface area (Å²) in [4.78, 5) is 24.6. The fraction of sp³-hybridized carbons (Fsp3) is 0.0714. The van der Waals surface area contributed by atoms with E-state index >= 15 is 0 Å². The van der Waals surface area contributed by atoms with E-state index in [2.05, 4.69) is 5.10 Å². The number of amides is 1. The monoisotopic (exact) mass is 331 g/mol. The number of carbonyl (C=O) groups excluding carboxylic acids is 1. The average molecular weight is 331 g/mol. The summed E-state index contributed by atoms with van der Waals surface area (Å²) < 4.78 is 6.21. The lowest BCUT2D eigenvalue weighted by Crippen LogP contribution is -2.33. The highest BCUT2D eigenvalue weighted by atomic mass is 32.1. The third kappa shape index (κ3) is 2.41. The van der Waals surface area contributed by atoms with Crippen molar-refractivity contribution in [1.29, 1.82) is 0 Å². The molecule has 0 spiro atoms. The molecule has 0 saturated heterocycles. The minimum atomic E-state index is -0.602. The van der Waals surface area contributed by atoms with Crippen molar-refractivity contribution in [3.05, 3.63) is 45.7 Å². The Morgan fingerprint density at radius 3 is 2.65 bits per heavy atom. The number of nitrogens with one attached hydrogen (secondary N) is 1. The van der Waals surface area contributed by atoms with Gasteiger partial charge in [0.25, 0.3) is 11.5 Å². The molecule has 3 aromatic rings. The number of hydrogen-bond acceptors (Lipinski definition) is 7. The van der Waals surface area contributed by atoms with Gasteiger partial charge in [-0.3, -0.25) is 15.0 Å². The van der Waals surface area contributed by atoms with Crippen LogP contribution in [0.15, 0.2) is 34.4 Å². The van der Waals surface area contributed by atoms with Crippen molar-refractivity contribution in [1.82, 2.24) is 15.2 Å². The Kier molecular flexibility index (Phi) is 3.72. The normalized spacial score (nSPS) is 10.7. The van der Waals surface area contributed by atoms with Crippen LogP contribution in [0.4, 0.5) is 5.00 Å². The zero-order valence-electron chi connectivity index (χ0n) is 12.1. The minimum Gasteiger partial charge on any atom is -0.497 e. The number of methoxy groups -OCH3 is 1. The van der Waals surface area contributed by atoms with Gasteiger partial charge >= 0.3 is 0 Å². The van der Waals surface area contributed by atoms with Crippen LogP contribution in [0.25, 0.3) is 16.5 Å². The number of carbonyl (C=O) groups is 1. The molecule has 5 N–H and O–H groups in total.